The van der Waals surface area contributed by atoms with E-state index < -0.39 is 0 Å². The largest absolute Gasteiger partial charge is 0.394 e. The molecule has 0 aliphatic rings. The van der Waals surface area contributed by atoms with Gasteiger partial charge in [-0.15, -0.1) is 0 Å². The van der Waals surface area contributed by atoms with Crippen LogP contribution in [0.5, 0.6) is 0 Å². The minimum absolute atomic E-state index is 0.0454. The second kappa shape index (κ2) is 5.93. The van der Waals surface area contributed by atoms with Crippen molar-refractivity contribution in [3.63, 3.8) is 0 Å². The highest BCUT2D eigenvalue weighted by atomic mass is 16.3. The maximum atomic E-state index is 9.61. The van der Waals surface area contributed by atoms with Crippen LogP contribution in [0, 0.1) is 6.92 Å². The van der Waals surface area contributed by atoms with Crippen molar-refractivity contribution in [1.82, 2.24) is 15.0 Å². The van der Waals surface area contributed by atoms with Crippen molar-refractivity contribution in [2.45, 2.75) is 19.4 Å². The van der Waals surface area contributed by atoms with E-state index in [9.17, 15) is 5.11 Å². The molecule has 0 aliphatic heterocycles. The van der Waals surface area contributed by atoms with Gasteiger partial charge in [0.15, 0.2) is 0 Å². The molecular weight excluding hydrogens is 264 g/mol. The Morgan fingerprint density at radius 1 is 1.19 bits per heavy atom. The van der Waals surface area contributed by atoms with Gasteiger partial charge in [0, 0.05) is 6.20 Å². The predicted octanol–water partition coefficient (Wildman–Crippen LogP) is 2.28. The molecular formula is C16H18N4O. The van der Waals surface area contributed by atoms with E-state index in [0.717, 1.165) is 23.3 Å². The number of aromatic nitrogens is 3. The fourth-order valence-electron chi connectivity index (χ4n) is 2.35. The van der Waals surface area contributed by atoms with Crippen LogP contribution in [0.4, 0.5) is 5.82 Å². The number of nitrogens with one attached hydrogen (secondary N) is 2. The number of aromatic amines is 1. The van der Waals surface area contributed by atoms with Gasteiger partial charge in [0.05, 0.1) is 18.0 Å². The van der Waals surface area contributed by atoms with Crippen molar-refractivity contribution < 1.29 is 5.11 Å². The van der Waals surface area contributed by atoms with E-state index in [-0.39, 0.29) is 12.6 Å². The van der Waals surface area contributed by atoms with Crippen molar-refractivity contribution in [2.75, 3.05) is 11.9 Å². The van der Waals surface area contributed by atoms with Crippen LogP contribution in [0.2, 0.25) is 0 Å². The number of rotatable bonds is 5. The highest BCUT2D eigenvalue weighted by molar-refractivity contribution is 5.86. The zero-order valence-corrected chi connectivity index (χ0v) is 11.9. The van der Waals surface area contributed by atoms with E-state index in [1.807, 2.05) is 12.3 Å². The first-order valence-electron chi connectivity index (χ1n) is 6.97. The smallest absolute Gasteiger partial charge is 0.142 e. The number of H-pyrrole nitrogens is 1. The third-order valence-corrected chi connectivity index (χ3v) is 3.52. The summed E-state index contributed by atoms with van der Waals surface area (Å²) in [7, 11) is 0. The first-order valence-corrected chi connectivity index (χ1v) is 6.97. The van der Waals surface area contributed by atoms with E-state index in [1.54, 1.807) is 0 Å². The number of aliphatic hydroxyl groups is 1. The Balaban J connectivity index is 1.78. The molecule has 2 aromatic heterocycles. The summed E-state index contributed by atoms with van der Waals surface area (Å²) in [6.07, 6.45) is 4.09. The van der Waals surface area contributed by atoms with Gasteiger partial charge in [-0.2, -0.15) is 0 Å². The van der Waals surface area contributed by atoms with Gasteiger partial charge >= 0.3 is 0 Å². The van der Waals surface area contributed by atoms with Gasteiger partial charge < -0.3 is 15.4 Å². The average Bonchev–Trinajstić information content (AvgIpc) is 2.98. The van der Waals surface area contributed by atoms with Gasteiger partial charge in [0.2, 0.25) is 0 Å². The Morgan fingerprint density at radius 2 is 2.00 bits per heavy atom. The summed E-state index contributed by atoms with van der Waals surface area (Å²) in [5, 5.41) is 13.8. The molecule has 5 heteroatoms. The molecule has 0 fully saturated rings. The average molecular weight is 282 g/mol. The molecule has 5 nitrogen and oxygen atoms in total. The van der Waals surface area contributed by atoms with E-state index >= 15 is 0 Å². The molecule has 1 aromatic carbocycles. The molecule has 0 unspecified atom stereocenters. The molecule has 3 N–H and O–H groups in total. The minimum atomic E-state index is -0.0827. The number of fused-ring (bicyclic) bond motifs is 1. The van der Waals surface area contributed by atoms with Gasteiger partial charge in [-0.3, -0.25) is 0 Å². The van der Waals surface area contributed by atoms with Crippen LogP contribution in [0.25, 0.3) is 11.0 Å². The van der Waals surface area contributed by atoms with Crippen LogP contribution in [-0.4, -0.2) is 32.7 Å². The summed E-state index contributed by atoms with van der Waals surface area (Å²) in [4.78, 5) is 11.5. The van der Waals surface area contributed by atoms with Crippen molar-refractivity contribution in [3.8, 4) is 0 Å². The summed E-state index contributed by atoms with van der Waals surface area (Å²) in [5.74, 6) is 0.743. The molecule has 3 rings (SSSR count). The molecule has 3 aromatic rings. The van der Waals surface area contributed by atoms with Gasteiger partial charge in [0.1, 0.15) is 17.8 Å². The third-order valence-electron chi connectivity index (χ3n) is 3.52. The summed E-state index contributed by atoms with van der Waals surface area (Å²) >= 11 is 0. The zero-order chi connectivity index (χ0) is 14.7. The first kappa shape index (κ1) is 13.6. The summed E-state index contributed by atoms with van der Waals surface area (Å²) in [6.45, 7) is 2.11. The Hall–Kier alpha value is -2.40. The van der Waals surface area contributed by atoms with Crippen LogP contribution in [0.3, 0.4) is 0 Å². The third kappa shape index (κ3) is 3.03. The molecule has 0 bridgehead atoms. The Kier molecular flexibility index (Phi) is 3.83. The van der Waals surface area contributed by atoms with Crippen LogP contribution < -0.4 is 5.32 Å². The maximum Gasteiger partial charge on any atom is 0.142 e. The molecule has 0 spiro atoms. The maximum absolute atomic E-state index is 9.61. The Morgan fingerprint density at radius 3 is 2.76 bits per heavy atom. The lowest BCUT2D eigenvalue weighted by Crippen LogP contribution is -2.27. The predicted molar refractivity (Wildman–Crippen MR) is 83.3 cm³/mol. The summed E-state index contributed by atoms with van der Waals surface area (Å²) in [6, 6.07) is 10.2. The first-order chi connectivity index (χ1) is 10.3. The standard InChI is InChI=1S/C16H18N4O/c1-11-2-4-12(5-3-11)8-13(9-21)20-16-14-6-7-17-15(14)18-10-19-16/h2-7,10,13,21H,8-9H2,1H3,(H2,17,18,19,20)/t13-/m0/s1. The van der Waals surface area contributed by atoms with Crippen molar-refractivity contribution in [2.24, 2.45) is 0 Å². The quantitative estimate of drug-likeness (QED) is 0.671. The van der Waals surface area contributed by atoms with E-state index in [4.69, 9.17) is 0 Å². The highest BCUT2D eigenvalue weighted by Gasteiger charge is 2.12. The SMILES string of the molecule is Cc1ccc(C[C@@H](CO)Nc2ncnc3[nH]ccc23)cc1. The molecule has 1 atom stereocenters. The zero-order valence-electron chi connectivity index (χ0n) is 11.9. The number of hydrogen-bond acceptors (Lipinski definition) is 4. The molecule has 0 saturated carbocycles. The number of nitrogens with zero attached hydrogens (tertiary/aromatic N) is 2. The van der Waals surface area contributed by atoms with Crippen LogP contribution >= 0.6 is 0 Å². The lowest BCUT2D eigenvalue weighted by molar-refractivity contribution is 0.273. The fraction of sp³-hybridized carbons (Fsp3) is 0.250. The number of aryl methyl sites for hydroxylation is 1. The molecule has 21 heavy (non-hydrogen) atoms. The normalized spacial score (nSPS) is 12.5. The summed E-state index contributed by atoms with van der Waals surface area (Å²) < 4.78 is 0. The number of aliphatic hydroxyl groups excluding tert-OH is 1. The molecule has 0 radical (unpaired) electrons. The van der Waals surface area contributed by atoms with Crippen molar-refractivity contribution in [3.05, 3.63) is 54.0 Å². The van der Waals surface area contributed by atoms with Crippen LogP contribution in [-0.2, 0) is 6.42 Å². The fourth-order valence-corrected chi connectivity index (χ4v) is 2.35. The second-order valence-electron chi connectivity index (χ2n) is 5.18. The summed E-state index contributed by atoms with van der Waals surface area (Å²) in [5.41, 5.74) is 3.21. The van der Waals surface area contributed by atoms with Crippen LogP contribution in [0.15, 0.2) is 42.9 Å². The van der Waals surface area contributed by atoms with Gasteiger partial charge in [-0.25, -0.2) is 9.97 Å². The highest BCUT2D eigenvalue weighted by Crippen LogP contribution is 2.19. The van der Waals surface area contributed by atoms with Gasteiger partial charge in [-0.1, -0.05) is 29.8 Å². The monoisotopic (exact) mass is 282 g/mol. The van der Waals surface area contributed by atoms with E-state index in [0.29, 0.717) is 0 Å². The van der Waals surface area contributed by atoms with E-state index in [2.05, 4.69) is 51.5 Å². The molecule has 0 amide bonds. The number of benzene rings is 1. The number of anilines is 1. The Bertz CT molecular complexity index is 720. The van der Waals surface area contributed by atoms with Gasteiger partial charge in [0.25, 0.3) is 0 Å². The van der Waals surface area contributed by atoms with Gasteiger partial charge in [-0.05, 0) is 25.0 Å². The minimum Gasteiger partial charge on any atom is -0.394 e. The molecule has 2 heterocycles. The number of hydrogen-bond donors (Lipinski definition) is 3. The van der Waals surface area contributed by atoms with Crippen LogP contribution in [0.1, 0.15) is 11.1 Å². The Labute approximate surface area is 123 Å². The van der Waals surface area contributed by atoms with Crippen molar-refractivity contribution in [1.29, 1.82) is 0 Å². The molecule has 0 aliphatic carbocycles. The second-order valence-corrected chi connectivity index (χ2v) is 5.18. The molecule has 0 saturated heterocycles. The lowest BCUT2D eigenvalue weighted by Gasteiger charge is -2.17. The van der Waals surface area contributed by atoms with E-state index in [1.165, 1.54) is 17.5 Å². The van der Waals surface area contributed by atoms with Crippen molar-refractivity contribution >= 4 is 16.9 Å². The topological polar surface area (TPSA) is 73.8 Å². The molecule has 108 valence electrons. The lowest BCUT2D eigenvalue weighted by atomic mass is 10.0.